The van der Waals surface area contributed by atoms with E-state index in [2.05, 4.69) is 33.9 Å². The van der Waals surface area contributed by atoms with Crippen LogP contribution in [0.1, 0.15) is 58.5 Å². The van der Waals surface area contributed by atoms with Gasteiger partial charge in [0.15, 0.2) is 0 Å². The van der Waals surface area contributed by atoms with Crippen LogP contribution in [-0.2, 0) is 0 Å². The van der Waals surface area contributed by atoms with Crippen molar-refractivity contribution in [2.24, 2.45) is 5.73 Å². The fourth-order valence-corrected chi connectivity index (χ4v) is 4.89. The summed E-state index contributed by atoms with van der Waals surface area (Å²) in [4.78, 5) is 22.7. The molecular weight excluding hydrogens is 356 g/mol. The van der Waals surface area contributed by atoms with E-state index in [4.69, 9.17) is 10.7 Å². The van der Waals surface area contributed by atoms with Gasteiger partial charge in [-0.1, -0.05) is 12.1 Å². The van der Waals surface area contributed by atoms with E-state index in [0.717, 1.165) is 35.5 Å². The first-order valence-corrected chi connectivity index (χ1v) is 10.3. The minimum atomic E-state index is -0.00259. The van der Waals surface area contributed by atoms with Crippen molar-refractivity contribution in [3.8, 4) is 0 Å². The third-order valence-electron chi connectivity index (χ3n) is 5.72. The molecule has 5 rings (SSSR count). The SMILES string of the molecule is Cc1nc(C2CC2c2ccc(C(=O)NC3CC(N)C3)cc2)c2ccsc2n1. The van der Waals surface area contributed by atoms with Crippen molar-refractivity contribution in [3.05, 3.63) is 58.4 Å². The molecule has 6 heteroatoms. The number of rotatable bonds is 4. The fraction of sp³-hybridized carbons (Fsp3) is 0.381. The number of nitrogens with one attached hydrogen (secondary N) is 1. The van der Waals surface area contributed by atoms with E-state index in [-0.39, 0.29) is 18.0 Å². The summed E-state index contributed by atoms with van der Waals surface area (Å²) in [6.45, 7) is 1.96. The van der Waals surface area contributed by atoms with Gasteiger partial charge in [-0.3, -0.25) is 4.79 Å². The van der Waals surface area contributed by atoms with E-state index in [0.29, 0.717) is 11.8 Å². The molecule has 2 aliphatic carbocycles. The van der Waals surface area contributed by atoms with Crippen LogP contribution in [-0.4, -0.2) is 28.0 Å². The molecule has 2 unspecified atom stereocenters. The van der Waals surface area contributed by atoms with E-state index in [1.807, 2.05) is 19.1 Å². The Labute approximate surface area is 162 Å². The molecule has 2 atom stereocenters. The summed E-state index contributed by atoms with van der Waals surface area (Å²) < 4.78 is 0. The molecule has 3 N–H and O–H groups in total. The van der Waals surface area contributed by atoms with Crippen LogP contribution >= 0.6 is 11.3 Å². The molecule has 2 fully saturated rings. The number of carbonyl (C=O) groups is 1. The zero-order valence-electron chi connectivity index (χ0n) is 15.2. The van der Waals surface area contributed by atoms with Crippen LogP contribution in [0.5, 0.6) is 0 Å². The highest BCUT2D eigenvalue weighted by atomic mass is 32.1. The van der Waals surface area contributed by atoms with E-state index >= 15 is 0 Å². The zero-order chi connectivity index (χ0) is 18.5. The molecule has 2 saturated carbocycles. The maximum atomic E-state index is 12.3. The highest BCUT2D eigenvalue weighted by Gasteiger charge is 2.41. The first kappa shape index (κ1) is 16.8. The summed E-state index contributed by atoms with van der Waals surface area (Å²) in [7, 11) is 0. The monoisotopic (exact) mass is 378 g/mol. The van der Waals surface area contributed by atoms with Gasteiger partial charge in [-0.15, -0.1) is 11.3 Å². The molecule has 0 saturated heterocycles. The number of nitrogens with two attached hydrogens (primary N) is 1. The smallest absolute Gasteiger partial charge is 0.251 e. The minimum Gasteiger partial charge on any atom is -0.349 e. The predicted octanol–water partition coefficient (Wildman–Crippen LogP) is 3.49. The van der Waals surface area contributed by atoms with Gasteiger partial charge in [0.2, 0.25) is 0 Å². The van der Waals surface area contributed by atoms with Crippen LogP contribution < -0.4 is 11.1 Å². The normalized spacial score (nSPS) is 26.6. The van der Waals surface area contributed by atoms with Crippen molar-refractivity contribution in [3.63, 3.8) is 0 Å². The van der Waals surface area contributed by atoms with Crippen molar-refractivity contribution in [1.29, 1.82) is 0 Å². The van der Waals surface area contributed by atoms with Gasteiger partial charge in [-0.25, -0.2) is 9.97 Å². The molecule has 0 aliphatic heterocycles. The number of nitrogens with zero attached hydrogens (tertiary/aromatic N) is 2. The number of carbonyl (C=O) groups excluding carboxylic acids is 1. The van der Waals surface area contributed by atoms with Gasteiger partial charge in [0.05, 0.1) is 5.69 Å². The summed E-state index contributed by atoms with van der Waals surface area (Å²) in [5, 5.41) is 6.32. The molecule has 1 amide bonds. The second-order valence-electron chi connectivity index (χ2n) is 7.77. The number of aryl methyl sites for hydroxylation is 1. The largest absolute Gasteiger partial charge is 0.349 e. The number of amides is 1. The molecule has 2 aromatic heterocycles. The Bertz CT molecular complexity index is 1010. The van der Waals surface area contributed by atoms with Crippen molar-refractivity contribution >= 4 is 27.5 Å². The predicted molar refractivity (Wildman–Crippen MR) is 107 cm³/mol. The third kappa shape index (κ3) is 3.13. The molecule has 5 nitrogen and oxygen atoms in total. The lowest BCUT2D eigenvalue weighted by Gasteiger charge is -2.32. The topological polar surface area (TPSA) is 80.9 Å². The van der Waals surface area contributed by atoms with Crippen molar-refractivity contribution in [2.45, 2.75) is 50.1 Å². The Morgan fingerprint density at radius 2 is 1.89 bits per heavy atom. The minimum absolute atomic E-state index is 0.00259. The van der Waals surface area contributed by atoms with Gasteiger partial charge in [-0.05, 0) is 61.2 Å². The maximum Gasteiger partial charge on any atom is 0.251 e. The standard InChI is InChI=1S/C21H22N4OS/c1-11-23-19(16-6-7-27-21(16)24-11)18-10-17(18)12-2-4-13(5-3-12)20(26)25-15-8-14(22)9-15/h2-7,14-15,17-18H,8-10,22H2,1H3,(H,25,26). The summed E-state index contributed by atoms with van der Waals surface area (Å²) in [5.41, 5.74) is 8.95. The van der Waals surface area contributed by atoms with Gasteiger partial charge in [0, 0.05) is 29.0 Å². The van der Waals surface area contributed by atoms with Crippen LogP contribution in [0.15, 0.2) is 35.7 Å². The van der Waals surface area contributed by atoms with E-state index in [9.17, 15) is 4.79 Å². The van der Waals surface area contributed by atoms with E-state index in [1.165, 1.54) is 16.6 Å². The number of thiophene rings is 1. The molecule has 0 bridgehead atoms. The number of aromatic nitrogens is 2. The molecule has 1 aromatic carbocycles. The van der Waals surface area contributed by atoms with E-state index in [1.54, 1.807) is 11.3 Å². The third-order valence-corrected chi connectivity index (χ3v) is 6.53. The Morgan fingerprint density at radius 1 is 1.11 bits per heavy atom. The van der Waals surface area contributed by atoms with Gasteiger partial charge in [0.1, 0.15) is 10.7 Å². The lowest BCUT2D eigenvalue weighted by Crippen LogP contribution is -2.50. The highest BCUT2D eigenvalue weighted by Crippen LogP contribution is 2.55. The zero-order valence-corrected chi connectivity index (χ0v) is 16.0. The van der Waals surface area contributed by atoms with E-state index < -0.39 is 0 Å². The maximum absolute atomic E-state index is 12.3. The highest BCUT2D eigenvalue weighted by molar-refractivity contribution is 7.16. The average molecular weight is 379 g/mol. The van der Waals surface area contributed by atoms with Gasteiger partial charge in [-0.2, -0.15) is 0 Å². The Hall–Kier alpha value is -2.31. The molecule has 27 heavy (non-hydrogen) atoms. The molecule has 138 valence electrons. The first-order chi connectivity index (χ1) is 13.1. The van der Waals surface area contributed by atoms with Crippen molar-refractivity contribution in [1.82, 2.24) is 15.3 Å². The fourth-order valence-electron chi connectivity index (χ4n) is 4.07. The van der Waals surface area contributed by atoms with Crippen LogP contribution in [0, 0.1) is 6.92 Å². The number of benzene rings is 1. The molecule has 0 spiro atoms. The van der Waals surface area contributed by atoms with Crippen LogP contribution in [0.2, 0.25) is 0 Å². The number of fused-ring (bicyclic) bond motifs is 1. The first-order valence-electron chi connectivity index (χ1n) is 9.46. The second-order valence-corrected chi connectivity index (χ2v) is 8.66. The lowest BCUT2D eigenvalue weighted by molar-refractivity contribution is 0.0910. The molecule has 2 aliphatic rings. The Morgan fingerprint density at radius 3 is 2.63 bits per heavy atom. The van der Waals surface area contributed by atoms with Crippen LogP contribution in [0.25, 0.3) is 10.2 Å². The summed E-state index contributed by atoms with van der Waals surface area (Å²) >= 11 is 1.67. The molecular formula is C21H22N4OS. The Balaban J connectivity index is 1.30. The van der Waals surface area contributed by atoms with Gasteiger partial charge in [0.25, 0.3) is 5.91 Å². The number of hydrogen-bond acceptors (Lipinski definition) is 5. The quantitative estimate of drug-likeness (QED) is 0.728. The molecule has 3 aromatic rings. The summed E-state index contributed by atoms with van der Waals surface area (Å²) in [6.07, 6.45) is 2.86. The summed E-state index contributed by atoms with van der Waals surface area (Å²) in [6, 6.07) is 10.6. The van der Waals surface area contributed by atoms with Crippen LogP contribution in [0.3, 0.4) is 0 Å². The number of hydrogen-bond donors (Lipinski definition) is 2. The van der Waals surface area contributed by atoms with Crippen molar-refractivity contribution < 1.29 is 4.79 Å². The molecule has 2 heterocycles. The summed E-state index contributed by atoms with van der Waals surface area (Å²) in [5.74, 6) is 1.76. The second kappa shape index (κ2) is 6.39. The van der Waals surface area contributed by atoms with Gasteiger partial charge >= 0.3 is 0 Å². The van der Waals surface area contributed by atoms with Gasteiger partial charge < -0.3 is 11.1 Å². The average Bonchev–Trinajstić information content (AvgIpc) is 3.29. The van der Waals surface area contributed by atoms with Crippen molar-refractivity contribution in [2.75, 3.05) is 0 Å². The lowest BCUT2D eigenvalue weighted by atomic mass is 9.87. The van der Waals surface area contributed by atoms with Crippen LogP contribution in [0.4, 0.5) is 0 Å². The molecule has 0 radical (unpaired) electrons. The Kier molecular flexibility index (Phi) is 3.98.